The van der Waals surface area contributed by atoms with E-state index in [0.717, 1.165) is 12.3 Å². The van der Waals surface area contributed by atoms with Gasteiger partial charge in [-0.15, -0.1) is 0 Å². The van der Waals surface area contributed by atoms with Crippen LogP contribution in [0.5, 0.6) is 5.75 Å². The second kappa shape index (κ2) is 8.02. The maximum absolute atomic E-state index is 10.00. The number of hydrogen-bond donors (Lipinski definition) is 2. The lowest BCUT2D eigenvalue weighted by Gasteiger charge is -2.19. The van der Waals surface area contributed by atoms with Gasteiger partial charge in [-0.2, -0.15) is 5.26 Å². The number of nitrogens with one attached hydrogen (secondary N) is 1. The third-order valence-corrected chi connectivity index (χ3v) is 3.89. The standard InChI is InChI=1S/C17H24N2O2/c1-2-15(9-13-7-8-13)19-11-16(20)12-21-17-6-4-3-5-14(17)10-18/h3-6,13,15-16,19-20H,2,7-9,11-12H2,1H3. The Morgan fingerprint density at radius 1 is 1.43 bits per heavy atom. The van der Waals surface area contributed by atoms with E-state index in [9.17, 15) is 5.11 Å². The Morgan fingerprint density at radius 3 is 2.86 bits per heavy atom. The number of aliphatic hydroxyl groups is 1. The molecule has 0 heterocycles. The zero-order valence-electron chi connectivity index (χ0n) is 12.6. The molecule has 0 bridgehead atoms. The SMILES string of the molecule is CCC(CC1CC1)NCC(O)COc1ccccc1C#N. The van der Waals surface area contributed by atoms with Gasteiger partial charge in [-0.1, -0.05) is 31.9 Å². The summed E-state index contributed by atoms with van der Waals surface area (Å²) in [6, 6.07) is 9.65. The molecule has 1 aliphatic rings. The number of para-hydroxylation sites is 1. The summed E-state index contributed by atoms with van der Waals surface area (Å²) < 4.78 is 5.54. The molecule has 0 aromatic heterocycles. The Bertz CT molecular complexity index is 480. The van der Waals surface area contributed by atoms with Crippen molar-refractivity contribution in [3.05, 3.63) is 29.8 Å². The van der Waals surface area contributed by atoms with Crippen LogP contribution in [0.2, 0.25) is 0 Å². The fourth-order valence-electron chi connectivity index (χ4n) is 2.38. The number of nitriles is 1. The van der Waals surface area contributed by atoms with E-state index < -0.39 is 6.10 Å². The molecule has 1 saturated carbocycles. The fourth-order valence-corrected chi connectivity index (χ4v) is 2.38. The van der Waals surface area contributed by atoms with E-state index in [4.69, 9.17) is 10.00 Å². The molecular formula is C17H24N2O2. The highest BCUT2D eigenvalue weighted by atomic mass is 16.5. The predicted octanol–water partition coefficient (Wildman–Crippen LogP) is 2.47. The van der Waals surface area contributed by atoms with Crippen molar-refractivity contribution in [2.75, 3.05) is 13.2 Å². The first-order chi connectivity index (χ1) is 10.2. The molecule has 4 heteroatoms. The van der Waals surface area contributed by atoms with Crippen LogP contribution in [0.25, 0.3) is 0 Å². The first-order valence-electron chi connectivity index (χ1n) is 7.76. The van der Waals surface area contributed by atoms with Crippen LogP contribution in [-0.2, 0) is 0 Å². The molecule has 1 aromatic rings. The molecule has 2 atom stereocenters. The Kier molecular flexibility index (Phi) is 6.04. The molecule has 2 rings (SSSR count). The monoisotopic (exact) mass is 288 g/mol. The number of nitrogens with zero attached hydrogens (tertiary/aromatic N) is 1. The zero-order chi connectivity index (χ0) is 15.1. The van der Waals surface area contributed by atoms with Gasteiger partial charge in [-0.3, -0.25) is 0 Å². The van der Waals surface area contributed by atoms with Crippen LogP contribution < -0.4 is 10.1 Å². The van der Waals surface area contributed by atoms with Crippen molar-refractivity contribution in [1.29, 1.82) is 5.26 Å². The highest BCUT2D eigenvalue weighted by Gasteiger charge is 2.24. The summed E-state index contributed by atoms with van der Waals surface area (Å²) in [7, 11) is 0. The lowest BCUT2D eigenvalue weighted by atomic mass is 10.1. The Morgan fingerprint density at radius 2 is 2.19 bits per heavy atom. The number of ether oxygens (including phenoxy) is 1. The van der Waals surface area contributed by atoms with Gasteiger partial charge >= 0.3 is 0 Å². The third-order valence-electron chi connectivity index (χ3n) is 3.89. The van der Waals surface area contributed by atoms with Gasteiger partial charge in [0.15, 0.2) is 0 Å². The molecule has 4 nitrogen and oxygen atoms in total. The molecule has 0 amide bonds. The highest BCUT2D eigenvalue weighted by Crippen LogP contribution is 2.33. The van der Waals surface area contributed by atoms with E-state index in [1.54, 1.807) is 18.2 Å². The minimum atomic E-state index is -0.565. The summed E-state index contributed by atoms with van der Waals surface area (Å²) in [4.78, 5) is 0. The molecule has 114 valence electrons. The van der Waals surface area contributed by atoms with Gasteiger partial charge < -0.3 is 15.2 Å². The van der Waals surface area contributed by atoms with Crippen LogP contribution in [0.1, 0.15) is 38.2 Å². The Labute approximate surface area is 126 Å². The van der Waals surface area contributed by atoms with E-state index >= 15 is 0 Å². The predicted molar refractivity (Wildman–Crippen MR) is 82.1 cm³/mol. The van der Waals surface area contributed by atoms with Crippen LogP contribution in [0.15, 0.2) is 24.3 Å². The quantitative estimate of drug-likeness (QED) is 0.732. The Hall–Kier alpha value is -1.57. The van der Waals surface area contributed by atoms with Crippen molar-refractivity contribution < 1.29 is 9.84 Å². The summed E-state index contributed by atoms with van der Waals surface area (Å²) in [5.41, 5.74) is 0.498. The normalized spacial score (nSPS) is 17.0. The molecule has 1 aromatic carbocycles. The van der Waals surface area contributed by atoms with Crippen LogP contribution >= 0.6 is 0 Å². The van der Waals surface area contributed by atoms with Gasteiger partial charge in [0.25, 0.3) is 0 Å². The van der Waals surface area contributed by atoms with Crippen molar-refractivity contribution in [1.82, 2.24) is 5.32 Å². The van der Waals surface area contributed by atoms with Crippen molar-refractivity contribution in [3.63, 3.8) is 0 Å². The summed E-state index contributed by atoms with van der Waals surface area (Å²) in [6.07, 6.45) is 4.44. The van der Waals surface area contributed by atoms with Crippen LogP contribution in [0.3, 0.4) is 0 Å². The van der Waals surface area contributed by atoms with E-state index in [2.05, 4.69) is 18.3 Å². The van der Waals surface area contributed by atoms with Crippen molar-refractivity contribution in [2.24, 2.45) is 5.92 Å². The van der Waals surface area contributed by atoms with Gasteiger partial charge in [0.1, 0.15) is 24.5 Å². The summed E-state index contributed by atoms with van der Waals surface area (Å²) >= 11 is 0. The van der Waals surface area contributed by atoms with Gasteiger partial charge in [0.2, 0.25) is 0 Å². The molecule has 2 unspecified atom stereocenters. The average molecular weight is 288 g/mol. The topological polar surface area (TPSA) is 65.3 Å². The molecular weight excluding hydrogens is 264 g/mol. The first kappa shape index (κ1) is 15.8. The zero-order valence-corrected chi connectivity index (χ0v) is 12.6. The van der Waals surface area contributed by atoms with Crippen molar-refractivity contribution in [2.45, 2.75) is 44.8 Å². The summed E-state index contributed by atoms with van der Waals surface area (Å²) in [5.74, 6) is 1.42. The molecule has 2 N–H and O–H groups in total. The number of hydrogen-bond acceptors (Lipinski definition) is 4. The summed E-state index contributed by atoms with van der Waals surface area (Å²) in [5, 5.41) is 22.4. The van der Waals surface area contributed by atoms with Crippen LogP contribution in [-0.4, -0.2) is 30.4 Å². The largest absolute Gasteiger partial charge is 0.489 e. The second-order valence-corrected chi connectivity index (χ2v) is 5.77. The molecule has 1 aliphatic carbocycles. The van der Waals surface area contributed by atoms with E-state index in [-0.39, 0.29) is 6.61 Å². The number of rotatable bonds is 9. The maximum Gasteiger partial charge on any atom is 0.137 e. The minimum absolute atomic E-state index is 0.200. The van der Waals surface area contributed by atoms with Gasteiger partial charge in [0.05, 0.1) is 5.56 Å². The van der Waals surface area contributed by atoms with Crippen molar-refractivity contribution in [3.8, 4) is 11.8 Å². The van der Waals surface area contributed by atoms with E-state index in [1.165, 1.54) is 19.3 Å². The molecule has 0 aliphatic heterocycles. The van der Waals surface area contributed by atoms with E-state index in [1.807, 2.05) is 6.07 Å². The van der Waals surface area contributed by atoms with Gasteiger partial charge in [-0.25, -0.2) is 0 Å². The Balaban J connectivity index is 1.71. The maximum atomic E-state index is 10.00. The summed E-state index contributed by atoms with van der Waals surface area (Å²) in [6.45, 7) is 2.90. The smallest absolute Gasteiger partial charge is 0.137 e. The lowest BCUT2D eigenvalue weighted by Crippen LogP contribution is -2.38. The minimum Gasteiger partial charge on any atom is -0.489 e. The van der Waals surface area contributed by atoms with E-state index in [0.29, 0.717) is 23.9 Å². The fraction of sp³-hybridized carbons (Fsp3) is 0.588. The molecule has 21 heavy (non-hydrogen) atoms. The highest BCUT2D eigenvalue weighted by molar-refractivity contribution is 5.42. The van der Waals surface area contributed by atoms with Crippen LogP contribution in [0.4, 0.5) is 0 Å². The average Bonchev–Trinajstić information content (AvgIpc) is 3.33. The lowest BCUT2D eigenvalue weighted by molar-refractivity contribution is 0.102. The van der Waals surface area contributed by atoms with Crippen molar-refractivity contribution >= 4 is 0 Å². The molecule has 1 fully saturated rings. The second-order valence-electron chi connectivity index (χ2n) is 5.77. The third kappa shape index (κ3) is 5.37. The van der Waals surface area contributed by atoms with Crippen LogP contribution in [0, 0.1) is 17.2 Å². The molecule has 0 spiro atoms. The molecule has 0 saturated heterocycles. The van der Waals surface area contributed by atoms with Gasteiger partial charge in [-0.05, 0) is 30.9 Å². The number of benzene rings is 1. The number of aliphatic hydroxyl groups excluding tert-OH is 1. The first-order valence-corrected chi connectivity index (χ1v) is 7.76. The van der Waals surface area contributed by atoms with Gasteiger partial charge in [0, 0.05) is 12.6 Å². The molecule has 0 radical (unpaired) electrons.